The SMILES string of the molecule is COc1ccccc1[C@H]1NC(=S)N(c2ccc(Cl)cc2)C(C)=C1C(=O)Nc1cc(C)on1. The van der Waals surface area contributed by atoms with Gasteiger partial charge in [-0.15, -0.1) is 0 Å². The Morgan fingerprint density at radius 1 is 1.22 bits per heavy atom. The summed E-state index contributed by atoms with van der Waals surface area (Å²) >= 11 is 11.8. The number of carbonyl (C=O) groups excluding carboxylic acids is 1. The molecule has 32 heavy (non-hydrogen) atoms. The second-order valence-electron chi connectivity index (χ2n) is 7.21. The van der Waals surface area contributed by atoms with Crippen molar-refractivity contribution in [1.82, 2.24) is 10.5 Å². The number of carbonyl (C=O) groups is 1. The predicted molar refractivity (Wildman–Crippen MR) is 128 cm³/mol. The molecule has 0 fully saturated rings. The number of nitrogens with zero attached hydrogens (tertiary/aromatic N) is 2. The predicted octanol–water partition coefficient (Wildman–Crippen LogP) is 4.99. The number of rotatable bonds is 5. The molecule has 3 aromatic rings. The number of ether oxygens (including phenoxy) is 1. The van der Waals surface area contributed by atoms with E-state index in [4.69, 9.17) is 33.1 Å². The van der Waals surface area contributed by atoms with Crippen LogP contribution in [-0.2, 0) is 4.79 Å². The second-order valence-corrected chi connectivity index (χ2v) is 8.04. The Bertz CT molecular complexity index is 1210. The van der Waals surface area contributed by atoms with Crippen LogP contribution in [0.1, 0.15) is 24.3 Å². The summed E-state index contributed by atoms with van der Waals surface area (Å²) in [6.07, 6.45) is 0. The number of thiocarbonyl (C=S) groups is 1. The minimum Gasteiger partial charge on any atom is -0.496 e. The van der Waals surface area contributed by atoms with Crippen LogP contribution in [0.4, 0.5) is 11.5 Å². The van der Waals surface area contributed by atoms with Gasteiger partial charge in [0, 0.05) is 28.0 Å². The molecule has 7 nitrogen and oxygen atoms in total. The molecule has 1 aliphatic rings. The molecule has 2 N–H and O–H groups in total. The first kappa shape index (κ1) is 21.9. The van der Waals surface area contributed by atoms with Crippen molar-refractivity contribution in [1.29, 1.82) is 0 Å². The van der Waals surface area contributed by atoms with Gasteiger partial charge in [-0.05, 0) is 56.4 Å². The number of methoxy groups -OCH3 is 1. The summed E-state index contributed by atoms with van der Waals surface area (Å²) < 4.78 is 10.6. The Balaban J connectivity index is 1.83. The minimum absolute atomic E-state index is 0.331. The number of aryl methyl sites for hydroxylation is 1. The lowest BCUT2D eigenvalue weighted by molar-refractivity contribution is -0.113. The van der Waals surface area contributed by atoms with Crippen LogP contribution >= 0.6 is 23.8 Å². The van der Waals surface area contributed by atoms with Crippen LogP contribution < -0.4 is 20.3 Å². The molecule has 1 aliphatic heterocycles. The number of amides is 1. The molecule has 1 amide bonds. The van der Waals surface area contributed by atoms with E-state index in [1.165, 1.54) is 0 Å². The Kier molecular flexibility index (Phi) is 6.16. The molecule has 0 saturated heterocycles. The molecule has 0 bridgehead atoms. The number of halogens is 1. The monoisotopic (exact) mass is 468 g/mol. The van der Waals surface area contributed by atoms with Crippen LogP contribution in [0.5, 0.6) is 5.75 Å². The van der Waals surface area contributed by atoms with Gasteiger partial charge in [0.05, 0.1) is 18.7 Å². The lowest BCUT2D eigenvalue weighted by atomic mass is 9.93. The molecule has 2 heterocycles. The quantitative estimate of drug-likeness (QED) is 0.510. The smallest absolute Gasteiger partial charge is 0.257 e. The first-order valence-corrected chi connectivity index (χ1v) is 10.6. The van der Waals surface area contributed by atoms with Crippen LogP contribution in [-0.4, -0.2) is 23.3 Å². The fourth-order valence-corrected chi connectivity index (χ4v) is 4.17. The molecular weight excluding hydrogens is 448 g/mol. The fraction of sp³-hybridized carbons (Fsp3) is 0.174. The second kappa shape index (κ2) is 9.02. The number of para-hydroxylation sites is 1. The van der Waals surface area contributed by atoms with E-state index in [2.05, 4.69) is 15.8 Å². The van der Waals surface area contributed by atoms with E-state index in [0.29, 0.717) is 38.7 Å². The molecule has 1 aromatic heterocycles. The van der Waals surface area contributed by atoms with Gasteiger partial charge in [-0.2, -0.15) is 0 Å². The third kappa shape index (κ3) is 4.19. The van der Waals surface area contributed by atoms with Crippen LogP contribution in [0.2, 0.25) is 5.02 Å². The van der Waals surface area contributed by atoms with Gasteiger partial charge in [0.25, 0.3) is 5.91 Å². The number of nitrogens with one attached hydrogen (secondary N) is 2. The molecule has 2 aromatic carbocycles. The average Bonchev–Trinajstić information content (AvgIpc) is 3.18. The summed E-state index contributed by atoms with van der Waals surface area (Å²) in [7, 11) is 1.59. The topological polar surface area (TPSA) is 79.6 Å². The van der Waals surface area contributed by atoms with Crippen molar-refractivity contribution < 1.29 is 14.1 Å². The summed E-state index contributed by atoms with van der Waals surface area (Å²) in [6, 6.07) is 15.9. The Morgan fingerprint density at radius 2 is 1.94 bits per heavy atom. The molecule has 4 rings (SSSR count). The Labute approximate surface area is 196 Å². The van der Waals surface area contributed by atoms with Crippen LogP contribution in [0.25, 0.3) is 0 Å². The third-order valence-electron chi connectivity index (χ3n) is 5.13. The van der Waals surface area contributed by atoms with Gasteiger partial charge in [0.15, 0.2) is 10.9 Å². The standard InChI is InChI=1S/C23H21ClN4O3S/c1-13-12-19(27-31-13)25-22(29)20-14(2)28(16-10-8-15(24)9-11-16)23(32)26-21(20)17-6-4-5-7-18(17)30-3/h4-12,21H,1-3H3,(H,26,32)(H,25,27,29)/t21-/m1/s1. The number of anilines is 2. The maximum Gasteiger partial charge on any atom is 0.257 e. The summed E-state index contributed by atoms with van der Waals surface area (Å²) in [5, 5.41) is 11.1. The van der Waals surface area contributed by atoms with E-state index < -0.39 is 6.04 Å². The van der Waals surface area contributed by atoms with Gasteiger partial charge in [-0.25, -0.2) is 0 Å². The maximum atomic E-state index is 13.5. The summed E-state index contributed by atoms with van der Waals surface area (Å²) in [6.45, 7) is 3.61. The fourth-order valence-electron chi connectivity index (χ4n) is 3.69. The highest BCUT2D eigenvalue weighted by Crippen LogP contribution is 2.37. The Morgan fingerprint density at radius 3 is 2.59 bits per heavy atom. The highest BCUT2D eigenvalue weighted by Gasteiger charge is 2.36. The number of benzene rings is 2. The zero-order valence-corrected chi connectivity index (χ0v) is 19.3. The van der Waals surface area contributed by atoms with Crippen LogP contribution in [0.3, 0.4) is 0 Å². The van der Waals surface area contributed by atoms with Gasteiger partial charge >= 0.3 is 0 Å². The maximum absolute atomic E-state index is 13.5. The van der Waals surface area contributed by atoms with E-state index >= 15 is 0 Å². The molecule has 0 spiro atoms. The molecule has 0 radical (unpaired) electrons. The molecular formula is C23H21ClN4O3S. The van der Waals surface area contributed by atoms with Crippen molar-refractivity contribution in [2.24, 2.45) is 0 Å². The first-order valence-electron chi connectivity index (χ1n) is 9.83. The van der Waals surface area contributed by atoms with Gasteiger partial charge < -0.3 is 19.9 Å². The van der Waals surface area contributed by atoms with Crippen molar-refractivity contribution >= 4 is 46.3 Å². The normalized spacial score (nSPS) is 16.1. The van der Waals surface area contributed by atoms with E-state index in [0.717, 1.165) is 11.3 Å². The zero-order chi connectivity index (χ0) is 22.8. The average molecular weight is 469 g/mol. The lowest BCUT2D eigenvalue weighted by Gasteiger charge is -2.38. The number of hydrogen-bond acceptors (Lipinski definition) is 5. The molecule has 0 unspecified atom stereocenters. The molecule has 0 aliphatic carbocycles. The highest BCUT2D eigenvalue weighted by molar-refractivity contribution is 7.80. The van der Waals surface area contributed by atoms with Crippen molar-refractivity contribution in [3.63, 3.8) is 0 Å². The van der Waals surface area contributed by atoms with E-state index in [1.54, 1.807) is 37.1 Å². The third-order valence-corrected chi connectivity index (χ3v) is 5.69. The van der Waals surface area contributed by atoms with E-state index in [-0.39, 0.29) is 5.91 Å². The van der Waals surface area contributed by atoms with Gasteiger partial charge in [0.1, 0.15) is 11.5 Å². The number of aromatic nitrogens is 1. The van der Waals surface area contributed by atoms with Crippen LogP contribution in [0, 0.1) is 6.92 Å². The lowest BCUT2D eigenvalue weighted by Crippen LogP contribution is -2.48. The highest BCUT2D eigenvalue weighted by atomic mass is 35.5. The van der Waals surface area contributed by atoms with E-state index in [9.17, 15) is 4.79 Å². The number of hydrogen-bond donors (Lipinski definition) is 2. The first-order chi connectivity index (χ1) is 15.4. The largest absolute Gasteiger partial charge is 0.496 e. The van der Waals surface area contributed by atoms with Crippen LogP contribution in [0.15, 0.2) is 70.4 Å². The van der Waals surface area contributed by atoms with Gasteiger partial charge in [-0.1, -0.05) is 35.0 Å². The summed E-state index contributed by atoms with van der Waals surface area (Å²) in [5.41, 5.74) is 2.71. The summed E-state index contributed by atoms with van der Waals surface area (Å²) in [4.78, 5) is 15.3. The minimum atomic E-state index is -0.532. The zero-order valence-electron chi connectivity index (χ0n) is 17.7. The van der Waals surface area contributed by atoms with Crippen molar-refractivity contribution in [3.05, 3.63) is 82.2 Å². The summed E-state index contributed by atoms with van der Waals surface area (Å²) in [5.74, 6) is 1.24. The van der Waals surface area contributed by atoms with Crippen molar-refractivity contribution in [3.8, 4) is 5.75 Å². The van der Waals surface area contributed by atoms with Gasteiger partial charge in [-0.3, -0.25) is 9.69 Å². The number of allylic oxidation sites excluding steroid dienone is 1. The van der Waals surface area contributed by atoms with E-state index in [1.807, 2.05) is 43.3 Å². The van der Waals surface area contributed by atoms with Gasteiger partial charge in [0.2, 0.25) is 0 Å². The molecule has 9 heteroatoms. The molecule has 164 valence electrons. The molecule has 0 saturated carbocycles. The van der Waals surface area contributed by atoms with Crippen molar-refractivity contribution in [2.75, 3.05) is 17.3 Å². The molecule has 1 atom stereocenters. The van der Waals surface area contributed by atoms with Crippen molar-refractivity contribution in [2.45, 2.75) is 19.9 Å². The Hall–Kier alpha value is -3.36.